The standard InChI is InChI=1S/C13H25N3O.2ClH/c17-13(12-5-4-6-14-11-12)15-7-10-16-8-2-1-3-9-16;;/h12,14H,1-11H2,(H,15,17);2*1H. The van der Waals surface area contributed by atoms with Gasteiger partial charge in [0.1, 0.15) is 0 Å². The molecule has 0 aromatic carbocycles. The molecule has 2 rings (SSSR count). The molecular weight excluding hydrogens is 285 g/mol. The first-order valence-corrected chi connectivity index (χ1v) is 7.07. The van der Waals surface area contributed by atoms with Crippen molar-refractivity contribution in [1.82, 2.24) is 15.5 Å². The summed E-state index contributed by atoms with van der Waals surface area (Å²) in [6.07, 6.45) is 6.18. The van der Waals surface area contributed by atoms with Crippen LogP contribution in [0.25, 0.3) is 0 Å². The second kappa shape index (κ2) is 10.7. The molecule has 2 N–H and O–H groups in total. The molecule has 0 aliphatic carbocycles. The highest BCUT2D eigenvalue weighted by Gasteiger charge is 2.20. The van der Waals surface area contributed by atoms with Crippen molar-refractivity contribution in [2.24, 2.45) is 5.92 Å². The summed E-state index contributed by atoms with van der Waals surface area (Å²) in [6, 6.07) is 0. The molecule has 2 saturated heterocycles. The fourth-order valence-corrected chi connectivity index (χ4v) is 2.74. The van der Waals surface area contributed by atoms with Crippen LogP contribution in [0.1, 0.15) is 32.1 Å². The van der Waals surface area contributed by atoms with Gasteiger partial charge in [-0.2, -0.15) is 0 Å². The zero-order valence-electron chi connectivity index (χ0n) is 11.5. The molecule has 2 aliphatic rings. The summed E-state index contributed by atoms with van der Waals surface area (Å²) in [5, 5.41) is 6.36. The van der Waals surface area contributed by atoms with E-state index in [0.29, 0.717) is 0 Å². The van der Waals surface area contributed by atoms with Crippen molar-refractivity contribution in [2.45, 2.75) is 32.1 Å². The topological polar surface area (TPSA) is 44.4 Å². The Morgan fingerprint density at radius 1 is 1.16 bits per heavy atom. The number of carbonyl (C=O) groups excluding carboxylic acids is 1. The lowest BCUT2D eigenvalue weighted by Crippen LogP contribution is -2.43. The van der Waals surface area contributed by atoms with Crippen molar-refractivity contribution in [3.05, 3.63) is 0 Å². The van der Waals surface area contributed by atoms with Crippen molar-refractivity contribution in [3.8, 4) is 0 Å². The average Bonchev–Trinajstić information content (AvgIpc) is 2.41. The molecule has 1 unspecified atom stereocenters. The Bertz CT molecular complexity index is 242. The first-order chi connectivity index (χ1) is 8.36. The number of hydrogen-bond acceptors (Lipinski definition) is 3. The third-order valence-corrected chi connectivity index (χ3v) is 3.84. The van der Waals surface area contributed by atoms with Gasteiger partial charge in [0.2, 0.25) is 5.91 Å². The van der Waals surface area contributed by atoms with E-state index < -0.39 is 0 Å². The van der Waals surface area contributed by atoms with E-state index in [9.17, 15) is 4.79 Å². The number of halogens is 2. The molecule has 2 fully saturated rings. The molecule has 0 spiro atoms. The Labute approximate surface area is 128 Å². The van der Waals surface area contributed by atoms with Crippen LogP contribution in [0.3, 0.4) is 0 Å². The maximum Gasteiger partial charge on any atom is 0.224 e. The molecular formula is C13H27Cl2N3O. The molecule has 19 heavy (non-hydrogen) atoms. The van der Waals surface area contributed by atoms with Gasteiger partial charge in [-0.1, -0.05) is 6.42 Å². The predicted octanol–water partition coefficient (Wildman–Crippen LogP) is 1.43. The van der Waals surface area contributed by atoms with Crippen LogP contribution in [0.15, 0.2) is 0 Å². The predicted molar refractivity (Wildman–Crippen MR) is 83.4 cm³/mol. The molecule has 0 radical (unpaired) electrons. The smallest absolute Gasteiger partial charge is 0.224 e. The Morgan fingerprint density at radius 2 is 1.89 bits per heavy atom. The summed E-state index contributed by atoms with van der Waals surface area (Å²) < 4.78 is 0. The Balaban J connectivity index is 0.00000162. The highest BCUT2D eigenvalue weighted by Crippen LogP contribution is 2.10. The molecule has 0 aromatic heterocycles. The number of amides is 1. The lowest BCUT2D eigenvalue weighted by Gasteiger charge is -2.27. The SMILES string of the molecule is Cl.Cl.O=C(NCCN1CCCCC1)C1CCCNC1. The van der Waals surface area contributed by atoms with Gasteiger partial charge in [-0.15, -0.1) is 24.8 Å². The molecule has 114 valence electrons. The van der Waals surface area contributed by atoms with Crippen molar-refractivity contribution < 1.29 is 4.79 Å². The van der Waals surface area contributed by atoms with Gasteiger partial charge >= 0.3 is 0 Å². The highest BCUT2D eigenvalue weighted by molar-refractivity contribution is 5.85. The van der Waals surface area contributed by atoms with E-state index in [1.165, 1.54) is 32.4 Å². The van der Waals surface area contributed by atoms with Crippen LogP contribution in [0.2, 0.25) is 0 Å². The maximum absolute atomic E-state index is 11.9. The van der Waals surface area contributed by atoms with Crippen LogP contribution in [0.4, 0.5) is 0 Å². The van der Waals surface area contributed by atoms with Gasteiger partial charge in [0.05, 0.1) is 5.92 Å². The summed E-state index contributed by atoms with van der Waals surface area (Å²) >= 11 is 0. The number of nitrogens with zero attached hydrogens (tertiary/aromatic N) is 1. The minimum atomic E-state index is 0. The monoisotopic (exact) mass is 311 g/mol. The number of nitrogens with one attached hydrogen (secondary N) is 2. The zero-order chi connectivity index (χ0) is 11.9. The van der Waals surface area contributed by atoms with Gasteiger partial charge in [-0.3, -0.25) is 4.79 Å². The molecule has 1 atom stereocenters. The molecule has 6 heteroatoms. The molecule has 2 heterocycles. The van der Waals surface area contributed by atoms with Crippen LogP contribution < -0.4 is 10.6 Å². The van der Waals surface area contributed by atoms with Crippen LogP contribution in [0, 0.1) is 5.92 Å². The molecule has 2 aliphatic heterocycles. The van der Waals surface area contributed by atoms with Crippen LogP contribution in [-0.2, 0) is 4.79 Å². The van der Waals surface area contributed by atoms with Gasteiger partial charge < -0.3 is 15.5 Å². The number of piperidine rings is 2. The minimum Gasteiger partial charge on any atom is -0.355 e. The highest BCUT2D eigenvalue weighted by atomic mass is 35.5. The normalized spacial score (nSPS) is 23.9. The van der Waals surface area contributed by atoms with Crippen LogP contribution in [-0.4, -0.2) is 50.1 Å². The minimum absolute atomic E-state index is 0. The van der Waals surface area contributed by atoms with Gasteiger partial charge in [-0.05, 0) is 45.3 Å². The summed E-state index contributed by atoms with van der Waals surface area (Å²) in [5.74, 6) is 0.444. The van der Waals surface area contributed by atoms with E-state index in [1.807, 2.05) is 0 Å². The third-order valence-electron chi connectivity index (χ3n) is 3.84. The third kappa shape index (κ3) is 6.80. The van der Waals surface area contributed by atoms with Crippen LogP contribution >= 0.6 is 24.8 Å². The maximum atomic E-state index is 11.9. The van der Waals surface area contributed by atoms with E-state index in [2.05, 4.69) is 15.5 Å². The van der Waals surface area contributed by atoms with Crippen LogP contribution in [0.5, 0.6) is 0 Å². The van der Waals surface area contributed by atoms with Gasteiger partial charge in [0.15, 0.2) is 0 Å². The molecule has 4 nitrogen and oxygen atoms in total. The van der Waals surface area contributed by atoms with E-state index in [1.54, 1.807) is 0 Å². The summed E-state index contributed by atoms with van der Waals surface area (Å²) in [5.41, 5.74) is 0. The number of carbonyl (C=O) groups is 1. The number of rotatable bonds is 4. The van der Waals surface area contributed by atoms with Gasteiger partial charge in [0.25, 0.3) is 0 Å². The molecule has 0 bridgehead atoms. The molecule has 0 aromatic rings. The Hall–Kier alpha value is -0.0300. The average molecular weight is 312 g/mol. The second-order valence-electron chi connectivity index (χ2n) is 5.24. The summed E-state index contributed by atoms with van der Waals surface area (Å²) in [4.78, 5) is 14.3. The van der Waals surface area contributed by atoms with Gasteiger partial charge in [-0.25, -0.2) is 0 Å². The lowest BCUT2D eigenvalue weighted by atomic mass is 9.99. The van der Waals surface area contributed by atoms with Gasteiger partial charge in [0, 0.05) is 19.6 Å². The molecule has 1 amide bonds. The number of hydrogen-bond donors (Lipinski definition) is 2. The van der Waals surface area contributed by atoms with E-state index in [4.69, 9.17) is 0 Å². The second-order valence-corrected chi connectivity index (χ2v) is 5.24. The first-order valence-electron chi connectivity index (χ1n) is 7.07. The Kier molecular flexibility index (Phi) is 10.7. The quantitative estimate of drug-likeness (QED) is 0.825. The number of likely N-dealkylation sites (tertiary alicyclic amines) is 1. The van der Waals surface area contributed by atoms with E-state index >= 15 is 0 Å². The van der Waals surface area contributed by atoms with E-state index in [-0.39, 0.29) is 36.6 Å². The fourth-order valence-electron chi connectivity index (χ4n) is 2.74. The Morgan fingerprint density at radius 3 is 2.53 bits per heavy atom. The zero-order valence-corrected chi connectivity index (χ0v) is 13.2. The van der Waals surface area contributed by atoms with Crippen molar-refractivity contribution in [2.75, 3.05) is 39.3 Å². The summed E-state index contributed by atoms with van der Waals surface area (Å²) in [6.45, 7) is 6.18. The lowest BCUT2D eigenvalue weighted by molar-refractivity contribution is -0.125. The summed E-state index contributed by atoms with van der Waals surface area (Å²) in [7, 11) is 0. The largest absolute Gasteiger partial charge is 0.355 e. The molecule has 0 saturated carbocycles. The van der Waals surface area contributed by atoms with Crippen molar-refractivity contribution >= 4 is 30.7 Å². The van der Waals surface area contributed by atoms with Crippen molar-refractivity contribution in [1.29, 1.82) is 0 Å². The fraction of sp³-hybridized carbons (Fsp3) is 0.923. The van der Waals surface area contributed by atoms with E-state index in [0.717, 1.165) is 39.0 Å². The first kappa shape index (κ1) is 19.0. The van der Waals surface area contributed by atoms with Crippen molar-refractivity contribution in [3.63, 3.8) is 0 Å².